The molecule has 1 atom stereocenters. The molecular weight excluding hydrogens is 240 g/mol. The van der Waals surface area contributed by atoms with E-state index in [1.165, 1.54) is 0 Å². The Bertz CT molecular complexity index is 373. The minimum absolute atomic E-state index is 0. The molecule has 5 nitrogen and oxygen atoms in total. The minimum atomic E-state index is 0. The fourth-order valence-corrected chi connectivity index (χ4v) is 1.99. The summed E-state index contributed by atoms with van der Waals surface area (Å²) in [7, 11) is 1.86. The highest BCUT2D eigenvalue weighted by Gasteiger charge is 2.24. The van der Waals surface area contributed by atoms with Crippen LogP contribution in [-0.2, 0) is 6.54 Å². The van der Waals surface area contributed by atoms with Crippen LogP contribution in [0.3, 0.4) is 0 Å². The van der Waals surface area contributed by atoms with Crippen LogP contribution >= 0.6 is 12.4 Å². The fraction of sp³-hybridized carbons (Fsp3) is 0.636. The number of amides is 1. The number of aromatic nitrogens is 2. The van der Waals surface area contributed by atoms with Crippen LogP contribution in [0.1, 0.15) is 23.7 Å². The molecule has 6 heteroatoms. The highest BCUT2D eigenvalue weighted by Crippen LogP contribution is 2.10. The third-order valence-electron chi connectivity index (χ3n) is 3.11. The smallest absolute Gasteiger partial charge is 0.257 e. The second kappa shape index (κ2) is 6.02. The molecule has 17 heavy (non-hydrogen) atoms. The van der Waals surface area contributed by atoms with E-state index < -0.39 is 0 Å². The Hall–Kier alpha value is -1.07. The van der Waals surface area contributed by atoms with E-state index in [0.29, 0.717) is 11.6 Å². The third-order valence-corrected chi connectivity index (χ3v) is 3.11. The third kappa shape index (κ3) is 2.98. The number of likely N-dealkylation sites (N-methyl/N-ethyl adjacent to an activating group) is 1. The van der Waals surface area contributed by atoms with Crippen molar-refractivity contribution >= 4 is 18.3 Å². The molecule has 1 amide bonds. The molecule has 0 spiro atoms. The molecule has 1 N–H and O–H groups in total. The van der Waals surface area contributed by atoms with Crippen molar-refractivity contribution < 1.29 is 4.79 Å². The van der Waals surface area contributed by atoms with Crippen molar-refractivity contribution in [3.8, 4) is 0 Å². The first-order valence-electron chi connectivity index (χ1n) is 5.72. The molecule has 0 radical (unpaired) electrons. The van der Waals surface area contributed by atoms with E-state index in [1.54, 1.807) is 17.1 Å². The first-order valence-corrected chi connectivity index (χ1v) is 5.72. The van der Waals surface area contributed by atoms with Gasteiger partial charge in [-0.2, -0.15) is 5.10 Å². The zero-order valence-corrected chi connectivity index (χ0v) is 11.0. The first kappa shape index (κ1) is 14.0. The fourth-order valence-electron chi connectivity index (χ4n) is 1.99. The molecule has 0 aromatic carbocycles. The number of halogens is 1. The number of carbonyl (C=O) groups is 1. The van der Waals surface area contributed by atoms with E-state index in [2.05, 4.69) is 10.4 Å². The van der Waals surface area contributed by atoms with E-state index in [1.807, 2.05) is 18.9 Å². The van der Waals surface area contributed by atoms with Gasteiger partial charge in [-0.1, -0.05) is 0 Å². The Morgan fingerprint density at radius 2 is 2.47 bits per heavy atom. The molecule has 1 unspecified atom stereocenters. The molecule has 96 valence electrons. The summed E-state index contributed by atoms with van der Waals surface area (Å²) in [5.41, 5.74) is 0.677. The Labute approximate surface area is 108 Å². The van der Waals surface area contributed by atoms with Gasteiger partial charge in [0.1, 0.15) is 0 Å². The van der Waals surface area contributed by atoms with Crippen LogP contribution in [0.25, 0.3) is 0 Å². The summed E-state index contributed by atoms with van der Waals surface area (Å²) in [5, 5.41) is 7.38. The van der Waals surface area contributed by atoms with E-state index in [9.17, 15) is 4.79 Å². The lowest BCUT2D eigenvalue weighted by atomic mass is 10.2. The minimum Gasteiger partial charge on any atom is -0.337 e. The molecule has 1 saturated heterocycles. The number of nitrogens with zero attached hydrogens (tertiary/aromatic N) is 3. The van der Waals surface area contributed by atoms with E-state index in [-0.39, 0.29) is 18.3 Å². The Balaban J connectivity index is 0.00000144. The summed E-state index contributed by atoms with van der Waals surface area (Å²) in [6.07, 6.45) is 4.48. The molecule has 2 rings (SSSR count). The van der Waals surface area contributed by atoms with Gasteiger partial charge in [0.05, 0.1) is 11.8 Å². The van der Waals surface area contributed by atoms with Gasteiger partial charge < -0.3 is 10.2 Å². The van der Waals surface area contributed by atoms with Gasteiger partial charge in [0.25, 0.3) is 5.91 Å². The van der Waals surface area contributed by atoms with Crippen LogP contribution in [-0.4, -0.2) is 46.8 Å². The second-order valence-electron chi connectivity index (χ2n) is 4.15. The highest BCUT2D eigenvalue weighted by atomic mass is 35.5. The Morgan fingerprint density at radius 3 is 3.00 bits per heavy atom. The number of rotatable bonds is 3. The average molecular weight is 259 g/mol. The highest BCUT2D eigenvalue weighted by molar-refractivity contribution is 5.93. The van der Waals surface area contributed by atoms with Crippen LogP contribution < -0.4 is 5.32 Å². The molecule has 0 bridgehead atoms. The number of nitrogens with one attached hydrogen (secondary N) is 1. The molecule has 1 aliphatic heterocycles. The largest absolute Gasteiger partial charge is 0.337 e. The van der Waals surface area contributed by atoms with Crippen molar-refractivity contribution in [1.82, 2.24) is 20.0 Å². The van der Waals surface area contributed by atoms with E-state index >= 15 is 0 Å². The monoisotopic (exact) mass is 258 g/mol. The summed E-state index contributed by atoms with van der Waals surface area (Å²) in [4.78, 5) is 13.9. The zero-order valence-electron chi connectivity index (χ0n) is 10.2. The van der Waals surface area contributed by atoms with E-state index in [0.717, 1.165) is 26.1 Å². The van der Waals surface area contributed by atoms with Gasteiger partial charge in [-0.25, -0.2) is 0 Å². The summed E-state index contributed by atoms with van der Waals surface area (Å²) < 4.78 is 1.77. The Kier molecular flexibility index (Phi) is 4.96. The molecule has 1 aromatic rings. The van der Waals surface area contributed by atoms with Gasteiger partial charge in [-0.3, -0.25) is 9.48 Å². The lowest BCUT2D eigenvalue weighted by Crippen LogP contribution is -2.38. The van der Waals surface area contributed by atoms with Crippen molar-refractivity contribution in [2.75, 3.05) is 20.1 Å². The normalized spacial score (nSPS) is 18.8. The zero-order chi connectivity index (χ0) is 11.5. The molecule has 1 aliphatic rings. The summed E-state index contributed by atoms with van der Waals surface area (Å²) in [6, 6.07) is 0.317. The van der Waals surface area contributed by atoms with Gasteiger partial charge >= 0.3 is 0 Å². The van der Waals surface area contributed by atoms with Crippen molar-refractivity contribution in [1.29, 1.82) is 0 Å². The number of hydrogen-bond acceptors (Lipinski definition) is 3. The van der Waals surface area contributed by atoms with Crippen molar-refractivity contribution in [3.05, 3.63) is 18.0 Å². The molecule has 0 saturated carbocycles. The van der Waals surface area contributed by atoms with Gasteiger partial charge in [0.15, 0.2) is 0 Å². The van der Waals surface area contributed by atoms with Crippen LogP contribution in [0, 0.1) is 0 Å². The van der Waals surface area contributed by atoms with Crippen molar-refractivity contribution in [3.63, 3.8) is 0 Å². The maximum Gasteiger partial charge on any atom is 0.257 e. The molecule has 0 aliphatic carbocycles. The van der Waals surface area contributed by atoms with Crippen LogP contribution in [0.5, 0.6) is 0 Å². The molecule has 1 fully saturated rings. The van der Waals surface area contributed by atoms with Crippen LogP contribution in [0.2, 0.25) is 0 Å². The Morgan fingerprint density at radius 1 is 1.71 bits per heavy atom. The number of carbonyl (C=O) groups excluding carboxylic acids is 1. The second-order valence-corrected chi connectivity index (χ2v) is 4.15. The van der Waals surface area contributed by atoms with E-state index in [4.69, 9.17) is 0 Å². The number of hydrogen-bond donors (Lipinski definition) is 1. The maximum atomic E-state index is 12.1. The topological polar surface area (TPSA) is 50.2 Å². The van der Waals surface area contributed by atoms with Gasteiger partial charge in [-0.15, -0.1) is 12.4 Å². The summed E-state index contributed by atoms with van der Waals surface area (Å²) >= 11 is 0. The average Bonchev–Trinajstić information content (AvgIpc) is 2.97. The standard InChI is InChI=1S/C11H18N4O.ClH/c1-3-15-8-9(6-13-15)11(16)14(2)10-4-5-12-7-10;/h6,8,10,12H,3-5,7H2,1-2H3;1H. The lowest BCUT2D eigenvalue weighted by molar-refractivity contribution is 0.0743. The molecule has 1 aromatic heterocycles. The quantitative estimate of drug-likeness (QED) is 0.871. The molecule has 2 heterocycles. The van der Waals surface area contributed by atoms with Gasteiger partial charge in [-0.05, 0) is 19.9 Å². The number of aryl methyl sites for hydroxylation is 1. The van der Waals surface area contributed by atoms with Crippen LogP contribution in [0.15, 0.2) is 12.4 Å². The van der Waals surface area contributed by atoms with Gasteiger partial charge in [0.2, 0.25) is 0 Å². The van der Waals surface area contributed by atoms with Crippen molar-refractivity contribution in [2.24, 2.45) is 0 Å². The predicted molar refractivity (Wildman–Crippen MR) is 68.5 cm³/mol. The lowest BCUT2D eigenvalue weighted by Gasteiger charge is -2.22. The summed E-state index contributed by atoms with van der Waals surface area (Å²) in [6.45, 7) is 4.69. The SMILES string of the molecule is CCn1cc(C(=O)N(C)C2CCNC2)cn1.Cl. The first-order chi connectivity index (χ1) is 7.72. The molecular formula is C11H19ClN4O. The summed E-state index contributed by atoms with van der Waals surface area (Å²) in [5.74, 6) is 0.0633. The predicted octanol–water partition coefficient (Wildman–Crippen LogP) is 0.759. The maximum absolute atomic E-state index is 12.1. The van der Waals surface area contributed by atoms with Crippen LogP contribution in [0.4, 0.5) is 0 Å². The van der Waals surface area contributed by atoms with Crippen molar-refractivity contribution in [2.45, 2.75) is 25.9 Å². The van der Waals surface area contributed by atoms with Gasteiger partial charge in [0, 0.05) is 32.4 Å².